The van der Waals surface area contributed by atoms with E-state index in [2.05, 4.69) is 4.90 Å². The molecule has 98 valence electrons. The molecule has 1 amide bonds. The number of piperazine rings is 1. The maximum absolute atomic E-state index is 11.3. The van der Waals surface area contributed by atoms with Gasteiger partial charge in [0.2, 0.25) is 5.91 Å². The number of rotatable bonds is 2. The number of carbonyl (C=O) groups is 1. The van der Waals surface area contributed by atoms with Crippen LogP contribution in [-0.2, 0) is 11.3 Å². The van der Waals surface area contributed by atoms with E-state index in [1.54, 1.807) is 6.92 Å². The van der Waals surface area contributed by atoms with Gasteiger partial charge in [0.25, 0.3) is 0 Å². The van der Waals surface area contributed by atoms with Gasteiger partial charge < -0.3 is 21.3 Å². The Bertz CT molecular complexity index is 439. The topological polar surface area (TPSA) is 75.6 Å². The maximum Gasteiger partial charge on any atom is 0.219 e. The molecule has 0 atom stereocenters. The van der Waals surface area contributed by atoms with E-state index in [9.17, 15) is 4.79 Å². The molecule has 0 aliphatic carbocycles. The molecule has 2 rings (SSSR count). The van der Waals surface area contributed by atoms with Gasteiger partial charge in [-0.3, -0.25) is 4.79 Å². The van der Waals surface area contributed by atoms with E-state index < -0.39 is 0 Å². The highest BCUT2D eigenvalue weighted by molar-refractivity contribution is 5.75. The molecule has 1 aliphatic heterocycles. The van der Waals surface area contributed by atoms with Crippen LogP contribution >= 0.6 is 0 Å². The van der Waals surface area contributed by atoms with E-state index in [0.717, 1.165) is 43.1 Å². The number of nitrogens with two attached hydrogens (primary N) is 2. The lowest BCUT2D eigenvalue weighted by Gasteiger charge is -2.36. The summed E-state index contributed by atoms with van der Waals surface area (Å²) in [6.07, 6.45) is 0. The van der Waals surface area contributed by atoms with E-state index >= 15 is 0 Å². The third-order valence-corrected chi connectivity index (χ3v) is 3.46. The predicted octanol–water partition coefficient (Wildman–Crippen LogP) is 0.396. The van der Waals surface area contributed by atoms with Crippen LogP contribution in [0.5, 0.6) is 0 Å². The summed E-state index contributed by atoms with van der Waals surface area (Å²) in [5, 5.41) is 0. The van der Waals surface area contributed by atoms with Gasteiger partial charge in [0, 0.05) is 39.6 Å². The van der Waals surface area contributed by atoms with E-state index in [4.69, 9.17) is 11.5 Å². The monoisotopic (exact) mass is 248 g/mol. The lowest BCUT2D eigenvalue weighted by atomic mass is 10.1. The largest absolute Gasteiger partial charge is 0.397 e. The Balaban J connectivity index is 2.12. The molecule has 1 aromatic rings. The van der Waals surface area contributed by atoms with Crippen molar-refractivity contribution in [3.05, 3.63) is 23.8 Å². The first-order valence-electron chi connectivity index (χ1n) is 6.21. The summed E-state index contributed by atoms with van der Waals surface area (Å²) in [4.78, 5) is 15.4. The van der Waals surface area contributed by atoms with Gasteiger partial charge >= 0.3 is 0 Å². The Morgan fingerprint density at radius 1 is 1.28 bits per heavy atom. The van der Waals surface area contributed by atoms with Crippen molar-refractivity contribution >= 4 is 17.3 Å². The fraction of sp³-hybridized carbons (Fsp3) is 0.462. The molecule has 0 radical (unpaired) electrons. The van der Waals surface area contributed by atoms with E-state index in [-0.39, 0.29) is 5.91 Å². The number of carbonyl (C=O) groups excluding carboxylic acids is 1. The first-order valence-corrected chi connectivity index (χ1v) is 6.21. The van der Waals surface area contributed by atoms with Crippen molar-refractivity contribution in [2.45, 2.75) is 13.5 Å². The Hall–Kier alpha value is -1.75. The quantitative estimate of drug-likeness (QED) is 0.743. The molecule has 0 saturated carbocycles. The van der Waals surface area contributed by atoms with Crippen molar-refractivity contribution < 1.29 is 4.79 Å². The molecule has 5 heteroatoms. The SMILES string of the molecule is CC(=O)N1CCN(c2cccc(CN)c2N)CC1. The van der Waals surface area contributed by atoms with Crippen LogP contribution in [0.1, 0.15) is 12.5 Å². The van der Waals surface area contributed by atoms with Gasteiger partial charge in [0.15, 0.2) is 0 Å². The molecule has 1 saturated heterocycles. The molecule has 1 aromatic carbocycles. The summed E-state index contributed by atoms with van der Waals surface area (Å²) in [5.41, 5.74) is 14.5. The summed E-state index contributed by atoms with van der Waals surface area (Å²) < 4.78 is 0. The van der Waals surface area contributed by atoms with Crippen LogP contribution in [0.2, 0.25) is 0 Å². The van der Waals surface area contributed by atoms with Crippen molar-refractivity contribution in [1.29, 1.82) is 0 Å². The predicted molar refractivity (Wildman–Crippen MR) is 73.2 cm³/mol. The fourth-order valence-electron chi connectivity index (χ4n) is 2.32. The molecule has 0 bridgehead atoms. The van der Waals surface area contributed by atoms with Crippen molar-refractivity contribution in [3.8, 4) is 0 Å². The van der Waals surface area contributed by atoms with Gasteiger partial charge in [-0.15, -0.1) is 0 Å². The molecule has 4 N–H and O–H groups in total. The number of amides is 1. The van der Waals surface area contributed by atoms with Crippen LogP contribution in [0.15, 0.2) is 18.2 Å². The van der Waals surface area contributed by atoms with Crippen molar-refractivity contribution in [1.82, 2.24) is 4.90 Å². The minimum Gasteiger partial charge on any atom is -0.397 e. The summed E-state index contributed by atoms with van der Waals surface area (Å²) in [7, 11) is 0. The molecule has 0 aromatic heterocycles. The zero-order valence-corrected chi connectivity index (χ0v) is 10.7. The van der Waals surface area contributed by atoms with Gasteiger partial charge in [0.1, 0.15) is 0 Å². The molecule has 5 nitrogen and oxygen atoms in total. The number of nitrogens with zero attached hydrogens (tertiary/aromatic N) is 2. The lowest BCUT2D eigenvalue weighted by molar-refractivity contribution is -0.129. The minimum absolute atomic E-state index is 0.137. The molecule has 0 spiro atoms. The van der Waals surface area contributed by atoms with Crippen molar-refractivity contribution in [2.75, 3.05) is 36.8 Å². The number of para-hydroxylation sites is 1. The average Bonchev–Trinajstić information content (AvgIpc) is 2.39. The number of anilines is 2. The molecule has 1 fully saturated rings. The Kier molecular flexibility index (Phi) is 3.72. The highest BCUT2D eigenvalue weighted by Crippen LogP contribution is 2.27. The highest BCUT2D eigenvalue weighted by Gasteiger charge is 2.20. The summed E-state index contributed by atoms with van der Waals surface area (Å²) >= 11 is 0. The fourth-order valence-corrected chi connectivity index (χ4v) is 2.32. The molecule has 1 heterocycles. The Morgan fingerprint density at radius 2 is 1.94 bits per heavy atom. The second-order valence-electron chi connectivity index (χ2n) is 4.55. The van der Waals surface area contributed by atoms with Crippen LogP contribution in [0.3, 0.4) is 0 Å². The van der Waals surface area contributed by atoms with Gasteiger partial charge in [-0.2, -0.15) is 0 Å². The number of benzene rings is 1. The summed E-state index contributed by atoms with van der Waals surface area (Å²) in [6, 6.07) is 5.94. The first-order chi connectivity index (χ1) is 8.63. The zero-order valence-electron chi connectivity index (χ0n) is 10.7. The highest BCUT2D eigenvalue weighted by atomic mass is 16.2. The van der Waals surface area contributed by atoms with Gasteiger partial charge in [-0.1, -0.05) is 12.1 Å². The Morgan fingerprint density at radius 3 is 2.50 bits per heavy atom. The molecule has 1 aliphatic rings. The third kappa shape index (κ3) is 2.41. The number of hydrogen-bond donors (Lipinski definition) is 2. The molecule has 0 unspecified atom stereocenters. The normalized spacial score (nSPS) is 15.9. The third-order valence-electron chi connectivity index (χ3n) is 3.46. The van der Waals surface area contributed by atoms with Gasteiger partial charge in [-0.05, 0) is 11.6 Å². The van der Waals surface area contributed by atoms with E-state index in [0.29, 0.717) is 6.54 Å². The zero-order chi connectivity index (χ0) is 13.1. The first kappa shape index (κ1) is 12.7. The van der Waals surface area contributed by atoms with Crippen LogP contribution < -0.4 is 16.4 Å². The van der Waals surface area contributed by atoms with Gasteiger partial charge in [-0.25, -0.2) is 0 Å². The van der Waals surface area contributed by atoms with Crippen LogP contribution in [0.25, 0.3) is 0 Å². The van der Waals surface area contributed by atoms with E-state index in [1.807, 2.05) is 23.1 Å². The van der Waals surface area contributed by atoms with E-state index in [1.165, 1.54) is 0 Å². The number of hydrogen-bond acceptors (Lipinski definition) is 4. The summed E-state index contributed by atoms with van der Waals surface area (Å²) in [6.45, 7) is 5.20. The second-order valence-corrected chi connectivity index (χ2v) is 4.55. The van der Waals surface area contributed by atoms with Crippen LogP contribution in [0, 0.1) is 0 Å². The Labute approximate surface area is 107 Å². The minimum atomic E-state index is 0.137. The number of nitrogen functional groups attached to an aromatic ring is 1. The van der Waals surface area contributed by atoms with Crippen molar-refractivity contribution in [3.63, 3.8) is 0 Å². The smallest absolute Gasteiger partial charge is 0.219 e. The van der Waals surface area contributed by atoms with Crippen LogP contribution in [-0.4, -0.2) is 37.0 Å². The molecular weight excluding hydrogens is 228 g/mol. The van der Waals surface area contributed by atoms with Crippen molar-refractivity contribution in [2.24, 2.45) is 5.73 Å². The molecular formula is C13H20N4O. The maximum atomic E-state index is 11.3. The van der Waals surface area contributed by atoms with Gasteiger partial charge in [0.05, 0.1) is 11.4 Å². The average molecular weight is 248 g/mol. The second kappa shape index (κ2) is 5.27. The molecule has 18 heavy (non-hydrogen) atoms. The lowest BCUT2D eigenvalue weighted by Crippen LogP contribution is -2.48. The standard InChI is InChI=1S/C13H20N4O/c1-10(18)16-5-7-17(8-6-16)12-4-2-3-11(9-14)13(12)15/h2-4H,5-9,14-15H2,1H3. The summed E-state index contributed by atoms with van der Waals surface area (Å²) in [5.74, 6) is 0.137. The van der Waals surface area contributed by atoms with Crippen LogP contribution in [0.4, 0.5) is 11.4 Å².